The molecule has 0 radical (unpaired) electrons. The van der Waals surface area contributed by atoms with Crippen LogP contribution in [0.4, 0.5) is 17.6 Å². The molecule has 2 heterocycles. The normalized spacial score (nSPS) is 26.5. The van der Waals surface area contributed by atoms with E-state index in [9.17, 15) is 37.2 Å². The molecule has 1 fully saturated rings. The first kappa shape index (κ1) is 32.6. The van der Waals surface area contributed by atoms with E-state index < -0.39 is 86.9 Å². The van der Waals surface area contributed by atoms with Crippen molar-refractivity contribution in [3.05, 3.63) is 54.5 Å². The molecular formula is C27H29F4N2O9P. The second-order valence-corrected chi connectivity index (χ2v) is 11.9. The van der Waals surface area contributed by atoms with Crippen molar-refractivity contribution < 1.29 is 60.1 Å². The molecule has 2 aliphatic heterocycles. The number of fused-ring (bicyclic) bond motifs is 1. The van der Waals surface area contributed by atoms with Gasteiger partial charge in [-0.3, -0.25) is 23.8 Å². The Morgan fingerprint density at radius 2 is 1.86 bits per heavy atom. The van der Waals surface area contributed by atoms with E-state index in [4.69, 9.17) is 18.5 Å². The van der Waals surface area contributed by atoms with Crippen molar-refractivity contribution in [1.29, 1.82) is 0 Å². The van der Waals surface area contributed by atoms with Crippen molar-refractivity contribution in [2.24, 2.45) is 0 Å². The van der Waals surface area contributed by atoms with E-state index >= 15 is 4.39 Å². The van der Waals surface area contributed by atoms with Gasteiger partial charge in [-0.1, -0.05) is 36.4 Å². The lowest BCUT2D eigenvalue weighted by Gasteiger charge is -2.33. The standard InChI is InChI=1S/C27H29F4N2O9P/c1-14(2)40-25(37)15(3)32-43(38,42-20-10-6-8-16-7-4-5-9-17(16)20)39-13-27(26(30)31)23(36)22(29)24(41-27)33-12-18(28)19(34)11-21(33)35/h4-10,12,14-15,22-24,26,36H,11,13H2,1-3H3,(H,32,38)/t15-,22+,23-,24+,27+,43?/m0/s1. The Labute approximate surface area is 243 Å². The summed E-state index contributed by atoms with van der Waals surface area (Å²) >= 11 is 0. The molecule has 4 rings (SSSR count). The first-order chi connectivity index (χ1) is 20.2. The van der Waals surface area contributed by atoms with Gasteiger partial charge in [0.15, 0.2) is 23.8 Å². The van der Waals surface area contributed by atoms with E-state index in [1.807, 2.05) is 0 Å². The summed E-state index contributed by atoms with van der Waals surface area (Å²) in [4.78, 5) is 36.5. The molecule has 234 valence electrons. The van der Waals surface area contributed by atoms with E-state index in [1.165, 1.54) is 13.0 Å². The molecule has 11 nitrogen and oxygen atoms in total. The van der Waals surface area contributed by atoms with Crippen LogP contribution in [0.5, 0.6) is 5.75 Å². The Bertz CT molecular complexity index is 1470. The Morgan fingerprint density at radius 3 is 2.53 bits per heavy atom. The number of nitrogens with zero attached hydrogens (tertiary/aromatic N) is 1. The Balaban J connectivity index is 1.66. The van der Waals surface area contributed by atoms with Gasteiger partial charge in [0.25, 0.3) is 6.43 Å². The number of amides is 1. The Morgan fingerprint density at radius 1 is 1.19 bits per heavy atom. The number of hydrogen-bond acceptors (Lipinski definition) is 9. The molecule has 43 heavy (non-hydrogen) atoms. The van der Waals surface area contributed by atoms with Crippen molar-refractivity contribution in [1.82, 2.24) is 9.99 Å². The fourth-order valence-electron chi connectivity index (χ4n) is 4.46. The summed E-state index contributed by atoms with van der Waals surface area (Å²) in [7, 11) is -4.86. The zero-order valence-corrected chi connectivity index (χ0v) is 24.0. The van der Waals surface area contributed by atoms with Crippen molar-refractivity contribution >= 4 is 36.2 Å². The number of carbonyl (C=O) groups is 3. The van der Waals surface area contributed by atoms with Crippen molar-refractivity contribution in [3.63, 3.8) is 0 Å². The number of aliphatic hydroxyl groups is 1. The maximum absolute atomic E-state index is 15.2. The minimum Gasteiger partial charge on any atom is -0.462 e. The highest BCUT2D eigenvalue weighted by atomic mass is 31.2. The Kier molecular flexibility index (Phi) is 9.62. The van der Waals surface area contributed by atoms with Crippen LogP contribution in [-0.2, 0) is 32.9 Å². The van der Waals surface area contributed by atoms with Gasteiger partial charge >= 0.3 is 13.7 Å². The first-order valence-electron chi connectivity index (χ1n) is 13.1. The van der Waals surface area contributed by atoms with E-state index in [0.29, 0.717) is 17.0 Å². The Hall–Kier alpha value is -3.36. The van der Waals surface area contributed by atoms with Gasteiger partial charge in [0, 0.05) is 11.6 Å². The number of ketones is 1. The third-order valence-corrected chi connectivity index (χ3v) is 8.27. The lowest BCUT2D eigenvalue weighted by molar-refractivity contribution is -0.200. The number of ether oxygens (including phenoxy) is 2. The zero-order chi connectivity index (χ0) is 31.7. The molecule has 0 aliphatic carbocycles. The van der Waals surface area contributed by atoms with Crippen molar-refractivity contribution in [2.45, 2.75) is 69.9 Å². The molecular weight excluding hydrogens is 603 g/mol. The number of allylic oxidation sites excluding steroid dienone is 1. The van der Waals surface area contributed by atoms with Gasteiger partial charge in [-0.25, -0.2) is 22.1 Å². The summed E-state index contributed by atoms with van der Waals surface area (Å²) in [5.74, 6) is -4.75. The van der Waals surface area contributed by atoms with Crippen LogP contribution < -0.4 is 9.61 Å². The number of aliphatic hydroxyl groups excluding tert-OH is 1. The molecule has 1 amide bonds. The van der Waals surface area contributed by atoms with Crippen LogP contribution in [0.1, 0.15) is 27.2 Å². The average Bonchev–Trinajstić information content (AvgIpc) is 3.20. The molecule has 16 heteroatoms. The molecule has 2 aromatic rings. The van der Waals surface area contributed by atoms with Crippen LogP contribution in [0.2, 0.25) is 0 Å². The number of carbonyl (C=O) groups excluding carboxylic acids is 3. The molecule has 2 aromatic carbocycles. The number of hydrogen-bond donors (Lipinski definition) is 2. The minimum absolute atomic E-state index is 0.0391. The van der Waals surface area contributed by atoms with Crippen LogP contribution in [-0.4, -0.2) is 76.9 Å². The smallest absolute Gasteiger partial charge is 0.459 e. The molecule has 2 N–H and O–H groups in total. The molecule has 0 bridgehead atoms. The minimum atomic E-state index is -4.86. The van der Waals surface area contributed by atoms with Crippen LogP contribution >= 0.6 is 7.75 Å². The lowest BCUT2D eigenvalue weighted by Crippen LogP contribution is -2.52. The molecule has 6 atom stereocenters. The predicted molar refractivity (Wildman–Crippen MR) is 142 cm³/mol. The largest absolute Gasteiger partial charge is 0.462 e. The predicted octanol–water partition coefficient (Wildman–Crippen LogP) is 3.94. The highest BCUT2D eigenvalue weighted by Gasteiger charge is 2.63. The first-order valence-corrected chi connectivity index (χ1v) is 14.6. The third-order valence-electron chi connectivity index (χ3n) is 6.66. The zero-order valence-electron chi connectivity index (χ0n) is 23.1. The van der Waals surface area contributed by atoms with E-state index in [0.717, 1.165) is 0 Å². The van der Waals surface area contributed by atoms with Gasteiger partial charge in [0.05, 0.1) is 19.1 Å². The van der Waals surface area contributed by atoms with Gasteiger partial charge in [-0.05, 0) is 32.2 Å². The fraction of sp³-hybridized carbons (Fsp3) is 0.444. The number of rotatable bonds is 11. The van der Waals surface area contributed by atoms with Gasteiger partial charge in [0.1, 0.15) is 17.9 Å². The topological polar surface area (TPSA) is 141 Å². The molecule has 1 unspecified atom stereocenters. The fourth-order valence-corrected chi connectivity index (χ4v) is 6.01. The van der Waals surface area contributed by atoms with E-state index in [2.05, 4.69) is 5.09 Å². The van der Waals surface area contributed by atoms with Crippen molar-refractivity contribution in [2.75, 3.05) is 6.61 Å². The number of esters is 1. The van der Waals surface area contributed by atoms with Gasteiger partial charge in [0.2, 0.25) is 11.7 Å². The van der Waals surface area contributed by atoms with Gasteiger partial charge in [-0.15, -0.1) is 0 Å². The average molecular weight is 633 g/mol. The summed E-state index contributed by atoms with van der Waals surface area (Å²) in [6.45, 7) is 2.88. The van der Waals surface area contributed by atoms with E-state index in [1.54, 1.807) is 50.2 Å². The molecule has 1 saturated heterocycles. The third kappa shape index (κ3) is 6.75. The molecule has 0 spiro atoms. The second kappa shape index (κ2) is 12.7. The summed E-state index contributed by atoms with van der Waals surface area (Å²) in [5.41, 5.74) is -3.25. The number of benzene rings is 2. The monoisotopic (exact) mass is 632 g/mol. The summed E-state index contributed by atoms with van der Waals surface area (Å²) in [6.07, 6.45) is -12.7. The highest BCUT2D eigenvalue weighted by molar-refractivity contribution is 7.52. The van der Waals surface area contributed by atoms with Crippen LogP contribution in [0.25, 0.3) is 10.8 Å². The molecule has 0 saturated carbocycles. The van der Waals surface area contributed by atoms with Crippen molar-refractivity contribution in [3.8, 4) is 5.75 Å². The number of Topliss-reactive ketones (excluding diaryl/α,β-unsaturated/α-hetero) is 1. The summed E-state index contributed by atoms with van der Waals surface area (Å²) in [6, 6.07) is 10.00. The highest BCUT2D eigenvalue weighted by Crippen LogP contribution is 2.50. The quantitative estimate of drug-likeness (QED) is 0.162. The lowest BCUT2D eigenvalue weighted by atomic mass is 9.97. The SMILES string of the molecule is CC(C)OC(=O)[C@H](C)NP(=O)(OC[C@@]1(C(F)F)O[C@@H](N2C=C(F)C(=O)CC2=O)[C@H](F)[C@@H]1O)Oc1cccc2ccccc12. The van der Waals surface area contributed by atoms with Crippen LogP contribution in [0.3, 0.4) is 0 Å². The maximum atomic E-state index is 15.2. The summed E-state index contributed by atoms with van der Waals surface area (Å²) in [5, 5.41) is 14.0. The van der Waals surface area contributed by atoms with Crippen LogP contribution in [0, 0.1) is 0 Å². The van der Waals surface area contributed by atoms with Gasteiger partial charge in [-0.2, -0.15) is 5.09 Å². The molecule has 0 aromatic heterocycles. The van der Waals surface area contributed by atoms with Crippen LogP contribution in [0.15, 0.2) is 54.5 Å². The maximum Gasteiger partial charge on any atom is 0.459 e. The van der Waals surface area contributed by atoms with Gasteiger partial charge < -0.3 is 19.1 Å². The molecule has 2 aliphatic rings. The number of halogens is 4. The van der Waals surface area contributed by atoms with E-state index in [-0.39, 0.29) is 10.6 Å². The second-order valence-electron chi connectivity index (χ2n) is 10.2. The summed E-state index contributed by atoms with van der Waals surface area (Å²) < 4.78 is 93.5. The number of alkyl halides is 3. The number of nitrogens with one attached hydrogen (secondary N) is 1.